The molecular weight excluding hydrogens is 576 g/mol. The predicted molar refractivity (Wildman–Crippen MR) is 140 cm³/mol. The van der Waals surface area contributed by atoms with E-state index in [1.54, 1.807) is 0 Å². The first kappa shape index (κ1) is 30.0. The third kappa shape index (κ3) is 6.53. The quantitative estimate of drug-likeness (QED) is 0.241. The Morgan fingerprint density at radius 2 is 1.73 bits per heavy atom. The zero-order valence-electron chi connectivity index (χ0n) is 21.8. The van der Waals surface area contributed by atoms with Crippen molar-refractivity contribution >= 4 is 21.5 Å². The zero-order chi connectivity index (χ0) is 30.3. The maximum atomic E-state index is 13.8. The van der Waals surface area contributed by atoms with Crippen LogP contribution in [-0.2, 0) is 22.4 Å². The molecule has 0 saturated carbocycles. The second-order valence-electron chi connectivity index (χ2n) is 9.58. The van der Waals surface area contributed by atoms with E-state index < -0.39 is 44.5 Å². The molecule has 0 bridgehead atoms. The molecule has 2 heterocycles. The molecule has 1 aromatic heterocycles. The fraction of sp³-hybridized carbons (Fsp3) is 0.296. The van der Waals surface area contributed by atoms with Crippen LogP contribution in [0.25, 0.3) is 11.3 Å². The van der Waals surface area contributed by atoms with Gasteiger partial charge in [0.2, 0.25) is 0 Å². The monoisotopic (exact) mass is 601 g/mol. The lowest BCUT2D eigenvalue weighted by molar-refractivity contribution is -0.138. The number of anilines is 2. The van der Waals surface area contributed by atoms with E-state index in [2.05, 4.69) is 11.6 Å². The maximum Gasteiger partial charge on any atom is 0.416 e. The smallest absolute Gasteiger partial charge is 0.416 e. The van der Waals surface area contributed by atoms with Crippen molar-refractivity contribution in [1.29, 1.82) is 0 Å². The molecule has 0 radical (unpaired) electrons. The van der Waals surface area contributed by atoms with Crippen molar-refractivity contribution in [3.05, 3.63) is 78.1 Å². The second-order valence-corrected chi connectivity index (χ2v) is 11.4. The highest BCUT2D eigenvalue weighted by molar-refractivity contribution is 7.92. The standard InChI is InChI=1S/C27H25F6N3O4S/c1-16(37)7-9-20-15-36(41(38,39)21-6-4-5-18(12-21)26(28,29)30)23-11-17(8-10-24(23)40-20)22-13-19(27(31,32)33)14-25(34-22)35(2)3/h4-6,8,10-14,20,37H,1,7,9,15H2,2-3H3/t20-/m0/s1. The topological polar surface area (TPSA) is 83.0 Å². The van der Waals surface area contributed by atoms with E-state index in [9.17, 15) is 39.9 Å². The Hall–Kier alpha value is -3.94. The molecule has 0 fully saturated rings. The molecule has 14 heteroatoms. The van der Waals surface area contributed by atoms with E-state index in [1.165, 1.54) is 37.2 Å². The van der Waals surface area contributed by atoms with E-state index in [0.717, 1.165) is 34.6 Å². The van der Waals surface area contributed by atoms with E-state index in [4.69, 9.17) is 4.74 Å². The molecule has 2 aromatic carbocycles. The van der Waals surface area contributed by atoms with Gasteiger partial charge in [0.15, 0.2) is 0 Å². The van der Waals surface area contributed by atoms with Crippen molar-refractivity contribution < 1.29 is 44.6 Å². The van der Waals surface area contributed by atoms with E-state index >= 15 is 0 Å². The highest BCUT2D eigenvalue weighted by Gasteiger charge is 2.38. The summed E-state index contributed by atoms with van der Waals surface area (Å²) in [4.78, 5) is 5.01. The number of pyridine rings is 1. The lowest BCUT2D eigenvalue weighted by atomic mass is 10.1. The Kier molecular flexibility index (Phi) is 7.91. The van der Waals surface area contributed by atoms with Crippen LogP contribution in [0.3, 0.4) is 0 Å². The van der Waals surface area contributed by atoms with Gasteiger partial charge in [-0.3, -0.25) is 4.31 Å². The number of fused-ring (bicyclic) bond motifs is 1. The number of aliphatic hydroxyl groups excluding tert-OH is 1. The first-order valence-electron chi connectivity index (χ1n) is 12.1. The molecule has 0 unspecified atom stereocenters. The third-order valence-corrected chi connectivity index (χ3v) is 8.06. The second kappa shape index (κ2) is 10.8. The molecule has 1 aliphatic rings. The summed E-state index contributed by atoms with van der Waals surface area (Å²) in [5.41, 5.74) is -2.23. The molecular formula is C27H25F6N3O4S. The van der Waals surface area contributed by atoms with Crippen LogP contribution in [0.5, 0.6) is 5.75 Å². The number of halogens is 6. The molecule has 7 nitrogen and oxygen atoms in total. The minimum atomic E-state index is -4.80. The summed E-state index contributed by atoms with van der Waals surface area (Å²) in [7, 11) is -1.60. The van der Waals surface area contributed by atoms with Gasteiger partial charge in [0.05, 0.1) is 39.7 Å². The number of alkyl halides is 6. The molecule has 4 rings (SSSR count). The van der Waals surface area contributed by atoms with Crippen molar-refractivity contribution in [1.82, 2.24) is 4.98 Å². The lowest BCUT2D eigenvalue weighted by Gasteiger charge is -2.36. The van der Waals surface area contributed by atoms with Crippen LogP contribution in [0.1, 0.15) is 24.0 Å². The summed E-state index contributed by atoms with van der Waals surface area (Å²) < 4.78 is 115. The summed E-state index contributed by atoms with van der Waals surface area (Å²) in [6, 6.07) is 8.96. The van der Waals surface area contributed by atoms with Crippen molar-refractivity contribution in [2.75, 3.05) is 29.8 Å². The van der Waals surface area contributed by atoms with Crippen LogP contribution in [0, 0.1) is 0 Å². The fourth-order valence-corrected chi connectivity index (χ4v) is 5.74. The van der Waals surface area contributed by atoms with Gasteiger partial charge in [-0.25, -0.2) is 13.4 Å². The molecule has 220 valence electrons. The summed E-state index contributed by atoms with van der Waals surface area (Å²) in [5.74, 6) is -0.139. The summed E-state index contributed by atoms with van der Waals surface area (Å²) in [6.45, 7) is 3.05. The molecule has 1 atom stereocenters. The summed E-state index contributed by atoms with van der Waals surface area (Å²) >= 11 is 0. The van der Waals surface area contributed by atoms with Gasteiger partial charge in [0.1, 0.15) is 17.7 Å². The average Bonchev–Trinajstić information content (AvgIpc) is 2.90. The zero-order valence-corrected chi connectivity index (χ0v) is 22.6. The SMILES string of the molecule is C=C(O)CC[C@H]1CN(S(=O)(=O)c2cccc(C(F)(F)F)c2)c2cc(-c3cc(C(F)(F)F)cc(N(C)C)n3)ccc2O1. The van der Waals surface area contributed by atoms with E-state index in [1.807, 2.05) is 0 Å². The molecule has 41 heavy (non-hydrogen) atoms. The summed E-state index contributed by atoms with van der Waals surface area (Å²) in [5, 5.41) is 9.51. The van der Waals surface area contributed by atoms with Gasteiger partial charge in [0.25, 0.3) is 10.0 Å². The molecule has 0 spiro atoms. The van der Waals surface area contributed by atoms with Gasteiger partial charge in [-0.2, -0.15) is 26.3 Å². The number of rotatable bonds is 7. The molecule has 1 N–H and O–H groups in total. The molecule has 1 aliphatic heterocycles. The van der Waals surface area contributed by atoms with Gasteiger partial charge in [-0.05, 0) is 55.0 Å². The minimum absolute atomic E-state index is 0.00142. The normalized spacial score (nSPS) is 15.7. The van der Waals surface area contributed by atoms with Crippen LogP contribution < -0.4 is 13.9 Å². The average molecular weight is 602 g/mol. The minimum Gasteiger partial charge on any atom is -0.513 e. The number of aliphatic hydroxyl groups is 1. The van der Waals surface area contributed by atoms with E-state index in [-0.39, 0.29) is 53.7 Å². The fourth-order valence-electron chi connectivity index (χ4n) is 4.19. The highest BCUT2D eigenvalue weighted by atomic mass is 32.2. The number of nitrogens with zero attached hydrogens (tertiary/aromatic N) is 3. The van der Waals surface area contributed by atoms with Gasteiger partial charge in [-0.1, -0.05) is 12.6 Å². The van der Waals surface area contributed by atoms with Gasteiger partial charge >= 0.3 is 12.4 Å². The Labute approximate surface area is 232 Å². The van der Waals surface area contributed by atoms with E-state index in [0.29, 0.717) is 6.07 Å². The number of benzene rings is 2. The van der Waals surface area contributed by atoms with Gasteiger partial charge in [-0.15, -0.1) is 0 Å². The predicted octanol–water partition coefficient (Wildman–Crippen LogP) is 6.66. The number of ether oxygens (including phenoxy) is 1. The van der Waals surface area contributed by atoms with Crippen molar-refractivity contribution in [2.24, 2.45) is 0 Å². The van der Waals surface area contributed by atoms with Crippen LogP contribution >= 0.6 is 0 Å². The summed E-state index contributed by atoms with van der Waals surface area (Å²) in [6.07, 6.45) is -10.1. The Morgan fingerprint density at radius 3 is 2.34 bits per heavy atom. The molecule has 3 aromatic rings. The Morgan fingerprint density at radius 1 is 1.05 bits per heavy atom. The number of sulfonamides is 1. The first-order valence-corrected chi connectivity index (χ1v) is 13.6. The van der Waals surface area contributed by atoms with Gasteiger partial charge in [0, 0.05) is 26.1 Å². The van der Waals surface area contributed by atoms with Crippen LogP contribution in [0.15, 0.2) is 71.8 Å². The number of aromatic nitrogens is 1. The lowest BCUT2D eigenvalue weighted by Crippen LogP contribution is -2.43. The van der Waals surface area contributed by atoms with Crippen LogP contribution in [0.4, 0.5) is 37.8 Å². The third-order valence-electron chi connectivity index (χ3n) is 6.29. The largest absolute Gasteiger partial charge is 0.513 e. The Balaban J connectivity index is 1.86. The Bertz CT molecular complexity index is 1570. The molecule has 0 saturated heterocycles. The first-order chi connectivity index (χ1) is 19.0. The van der Waals surface area contributed by atoms with Crippen LogP contribution in [-0.4, -0.2) is 45.3 Å². The maximum absolute atomic E-state index is 13.8. The van der Waals surface area contributed by atoms with Crippen molar-refractivity contribution in [3.63, 3.8) is 0 Å². The molecule has 0 aliphatic carbocycles. The number of allylic oxidation sites excluding steroid dienone is 1. The van der Waals surface area contributed by atoms with Gasteiger partial charge < -0.3 is 14.7 Å². The number of hydrogen-bond acceptors (Lipinski definition) is 6. The van der Waals surface area contributed by atoms with Crippen LogP contribution in [0.2, 0.25) is 0 Å². The number of hydrogen-bond donors (Lipinski definition) is 1. The van der Waals surface area contributed by atoms with Crippen molar-refractivity contribution in [2.45, 2.75) is 36.2 Å². The van der Waals surface area contributed by atoms with Crippen molar-refractivity contribution in [3.8, 4) is 17.0 Å². The molecule has 0 amide bonds. The highest BCUT2D eigenvalue weighted by Crippen LogP contribution is 2.42.